The van der Waals surface area contributed by atoms with E-state index < -0.39 is 0 Å². The van der Waals surface area contributed by atoms with Crippen LogP contribution in [0.3, 0.4) is 0 Å². The number of rotatable bonds is 5. The molecule has 0 saturated heterocycles. The van der Waals surface area contributed by atoms with Crippen molar-refractivity contribution in [2.45, 2.75) is 57.9 Å². The zero-order valence-electron chi connectivity index (χ0n) is 9.60. The van der Waals surface area contributed by atoms with Crippen LogP contribution in [-0.2, 0) is 0 Å². The lowest BCUT2D eigenvalue weighted by molar-refractivity contribution is 0.402. The van der Waals surface area contributed by atoms with E-state index in [0.29, 0.717) is 6.04 Å². The first-order valence-corrected chi connectivity index (χ1v) is 6.26. The Balaban J connectivity index is 2.04. The Kier molecular flexibility index (Phi) is 6.20. The summed E-state index contributed by atoms with van der Waals surface area (Å²) >= 11 is 0. The highest BCUT2D eigenvalue weighted by Gasteiger charge is 2.11. The summed E-state index contributed by atoms with van der Waals surface area (Å²) in [5, 5.41) is 3.47. The molecule has 1 aliphatic rings. The van der Waals surface area contributed by atoms with E-state index in [4.69, 9.17) is 5.73 Å². The maximum absolute atomic E-state index is 5.55. The summed E-state index contributed by atoms with van der Waals surface area (Å²) in [4.78, 5) is 0. The predicted octanol–water partition coefficient (Wildman–Crippen LogP) is 2.28. The van der Waals surface area contributed by atoms with Gasteiger partial charge in [0.1, 0.15) is 0 Å². The quantitative estimate of drug-likeness (QED) is 0.665. The number of hydrogen-bond donors (Lipinski definition) is 2. The average Bonchev–Trinajstić information content (AvgIpc) is 2.46. The van der Waals surface area contributed by atoms with Crippen molar-refractivity contribution in [1.29, 1.82) is 0 Å². The van der Waals surface area contributed by atoms with E-state index in [1.54, 1.807) is 0 Å². The van der Waals surface area contributed by atoms with Crippen LogP contribution in [0.15, 0.2) is 0 Å². The van der Waals surface area contributed by atoms with Crippen molar-refractivity contribution in [2.75, 3.05) is 13.1 Å². The minimum atomic E-state index is 0.487. The van der Waals surface area contributed by atoms with Crippen molar-refractivity contribution < 1.29 is 0 Å². The Morgan fingerprint density at radius 2 is 1.86 bits per heavy atom. The van der Waals surface area contributed by atoms with Crippen molar-refractivity contribution in [2.24, 2.45) is 11.7 Å². The van der Waals surface area contributed by atoms with Crippen molar-refractivity contribution in [1.82, 2.24) is 5.32 Å². The number of nitrogens with one attached hydrogen (secondary N) is 1. The number of hydrogen-bond acceptors (Lipinski definition) is 2. The van der Waals surface area contributed by atoms with Gasteiger partial charge in [-0.25, -0.2) is 0 Å². The van der Waals surface area contributed by atoms with Crippen molar-refractivity contribution in [3.05, 3.63) is 0 Å². The van der Waals surface area contributed by atoms with Gasteiger partial charge in [-0.3, -0.25) is 0 Å². The van der Waals surface area contributed by atoms with Gasteiger partial charge in [-0.2, -0.15) is 0 Å². The molecule has 14 heavy (non-hydrogen) atoms. The van der Waals surface area contributed by atoms with E-state index in [0.717, 1.165) is 19.0 Å². The van der Waals surface area contributed by atoms with Gasteiger partial charge in [0.15, 0.2) is 0 Å². The lowest BCUT2D eigenvalue weighted by atomic mass is 9.96. The van der Waals surface area contributed by atoms with E-state index in [9.17, 15) is 0 Å². The minimum Gasteiger partial charge on any atom is -0.329 e. The average molecular weight is 198 g/mol. The van der Waals surface area contributed by atoms with E-state index in [2.05, 4.69) is 12.2 Å². The minimum absolute atomic E-state index is 0.487. The standard InChI is InChI=1S/C12H26N2/c1-11(10-13)14-9-8-12-6-4-2-3-5-7-12/h11-12,14H,2-10,13H2,1H3/t11-/m1/s1. The van der Waals surface area contributed by atoms with Gasteiger partial charge >= 0.3 is 0 Å². The molecule has 0 spiro atoms. The fraction of sp³-hybridized carbons (Fsp3) is 1.00. The molecule has 0 amide bonds. The molecule has 2 nitrogen and oxygen atoms in total. The van der Waals surface area contributed by atoms with Gasteiger partial charge < -0.3 is 11.1 Å². The summed E-state index contributed by atoms with van der Waals surface area (Å²) in [6.07, 6.45) is 10.1. The molecule has 0 aromatic carbocycles. The lowest BCUT2D eigenvalue weighted by Crippen LogP contribution is -2.34. The van der Waals surface area contributed by atoms with Gasteiger partial charge in [0.25, 0.3) is 0 Å². The Hall–Kier alpha value is -0.0800. The Labute approximate surface area is 88.6 Å². The second-order valence-corrected chi connectivity index (χ2v) is 4.74. The molecule has 0 aromatic heterocycles. The predicted molar refractivity (Wildman–Crippen MR) is 62.3 cm³/mol. The van der Waals surface area contributed by atoms with Crippen LogP contribution in [0, 0.1) is 5.92 Å². The van der Waals surface area contributed by atoms with Gasteiger partial charge in [-0.1, -0.05) is 38.5 Å². The highest BCUT2D eigenvalue weighted by atomic mass is 14.9. The molecule has 1 saturated carbocycles. The van der Waals surface area contributed by atoms with E-state index in [1.807, 2.05) is 0 Å². The van der Waals surface area contributed by atoms with Crippen molar-refractivity contribution in [3.63, 3.8) is 0 Å². The van der Waals surface area contributed by atoms with E-state index >= 15 is 0 Å². The summed E-state index contributed by atoms with van der Waals surface area (Å²) in [6.45, 7) is 4.07. The van der Waals surface area contributed by atoms with Gasteiger partial charge in [-0.15, -0.1) is 0 Å². The SMILES string of the molecule is C[C@H](CN)NCCC1CCCCCC1. The van der Waals surface area contributed by atoms with Crippen molar-refractivity contribution >= 4 is 0 Å². The van der Waals surface area contributed by atoms with Gasteiger partial charge in [0.05, 0.1) is 0 Å². The monoisotopic (exact) mass is 198 g/mol. The highest BCUT2D eigenvalue weighted by molar-refractivity contribution is 4.67. The first-order chi connectivity index (χ1) is 6.83. The zero-order chi connectivity index (χ0) is 10.2. The summed E-state index contributed by atoms with van der Waals surface area (Å²) in [5.74, 6) is 0.981. The van der Waals surface area contributed by atoms with Gasteiger partial charge in [0, 0.05) is 12.6 Å². The largest absolute Gasteiger partial charge is 0.329 e. The van der Waals surface area contributed by atoms with E-state index in [1.165, 1.54) is 44.9 Å². The smallest absolute Gasteiger partial charge is 0.0161 e. The first kappa shape index (κ1) is 12.0. The third-order valence-electron chi connectivity index (χ3n) is 3.37. The molecule has 1 fully saturated rings. The fourth-order valence-electron chi connectivity index (χ4n) is 2.27. The van der Waals surface area contributed by atoms with Crippen molar-refractivity contribution in [3.8, 4) is 0 Å². The third-order valence-corrected chi connectivity index (χ3v) is 3.37. The molecule has 0 radical (unpaired) electrons. The molecule has 84 valence electrons. The Bertz CT molecular complexity index is 128. The molecule has 0 bridgehead atoms. The summed E-state index contributed by atoms with van der Waals surface area (Å²) in [5.41, 5.74) is 5.55. The second kappa shape index (κ2) is 7.24. The van der Waals surface area contributed by atoms with Crippen LogP contribution in [0.2, 0.25) is 0 Å². The Morgan fingerprint density at radius 1 is 1.21 bits per heavy atom. The molecule has 2 heteroatoms. The third kappa shape index (κ3) is 4.97. The molecule has 0 aromatic rings. The topological polar surface area (TPSA) is 38.0 Å². The van der Waals surface area contributed by atoms with E-state index in [-0.39, 0.29) is 0 Å². The van der Waals surface area contributed by atoms with Gasteiger partial charge in [0.2, 0.25) is 0 Å². The summed E-state index contributed by atoms with van der Waals surface area (Å²) in [7, 11) is 0. The molecule has 1 atom stereocenters. The van der Waals surface area contributed by atoms with Crippen LogP contribution in [0.5, 0.6) is 0 Å². The Morgan fingerprint density at radius 3 is 2.43 bits per heavy atom. The van der Waals surface area contributed by atoms with Crippen LogP contribution in [0.4, 0.5) is 0 Å². The molecule has 1 aliphatic carbocycles. The molecular formula is C12H26N2. The molecule has 1 rings (SSSR count). The molecular weight excluding hydrogens is 172 g/mol. The zero-order valence-corrected chi connectivity index (χ0v) is 9.60. The number of nitrogens with two attached hydrogens (primary N) is 1. The van der Waals surface area contributed by atoms with Gasteiger partial charge in [-0.05, 0) is 25.8 Å². The maximum Gasteiger partial charge on any atom is 0.0161 e. The normalized spacial score (nSPS) is 21.9. The van der Waals surface area contributed by atoms with Crippen LogP contribution in [0.25, 0.3) is 0 Å². The highest BCUT2D eigenvalue weighted by Crippen LogP contribution is 2.24. The first-order valence-electron chi connectivity index (χ1n) is 6.26. The lowest BCUT2D eigenvalue weighted by Gasteiger charge is -2.16. The molecule has 3 N–H and O–H groups in total. The summed E-state index contributed by atoms with van der Waals surface area (Å²) in [6, 6.07) is 0.487. The van der Waals surface area contributed by atoms with Crippen LogP contribution < -0.4 is 11.1 Å². The second-order valence-electron chi connectivity index (χ2n) is 4.74. The van der Waals surface area contributed by atoms with Crippen LogP contribution >= 0.6 is 0 Å². The molecule has 0 aliphatic heterocycles. The fourth-order valence-corrected chi connectivity index (χ4v) is 2.27. The summed E-state index contributed by atoms with van der Waals surface area (Å²) < 4.78 is 0. The van der Waals surface area contributed by atoms with Crippen LogP contribution in [0.1, 0.15) is 51.9 Å². The maximum atomic E-state index is 5.55. The van der Waals surface area contributed by atoms with Crippen LogP contribution in [-0.4, -0.2) is 19.1 Å². The molecule has 0 heterocycles. The molecule has 0 unspecified atom stereocenters.